The van der Waals surface area contributed by atoms with Crippen molar-refractivity contribution in [1.29, 1.82) is 0 Å². The molecule has 0 aliphatic heterocycles. The lowest BCUT2D eigenvalue weighted by Crippen LogP contribution is -1.97. The molecule has 0 fully saturated rings. The molecule has 0 atom stereocenters. The standard InChI is InChI=1S/C19H11FN2O2.C2H6/c20-13-4-1-11(2-5-13)18-15-7-8-21-10-16(15)14-6-3-12(19(23)24)9-17(14)22-18;1-2/h1-10H,(H,23,24);1-2H3. The second-order valence-corrected chi connectivity index (χ2v) is 5.43. The highest BCUT2D eigenvalue weighted by Gasteiger charge is 2.12. The third-order valence-electron chi connectivity index (χ3n) is 3.96. The average Bonchev–Trinajstić information content (AvgIpc) is 2.69. The van der Waals surface area contributed by atoms with Crippen molar-refractivity contribution in [2.24, 2.45) is 0 Å². The zero-order valence-corrected chi connectivity index (χ0v) is 14.4. The Hall–Kier alpha value is -3.34. The molecule has 4 nitrogen and oxygen atoms in total. The fraction of sp³-hybridized carbons (Fsp3) is 0.0952. The number of benzene rings is 2. The maximum absolute atomic E-state index is 13.2. The topological polar surface area (TPSA) is 63.1 Å². The van der Waals surface area contributed by atoms with E-state index in [1.165, 1.54) is 18.2 Å². The molecule has 130 valence electrons. The van der Waals surface area contributed by atoms with Crippen molar-refractivity contribution in [3.8, 4) is 11.3 Å². The smallest absolute Gasteiger partial charge is 0.335 e. The van der Waals surface area contributed by atoms with Gasteiger partial charge in [-0.2, -0.15) is 0 Å². The number of aromatic nitrogens is 2. The van der Waals surface area contributed by atoms with Gasteiger partial charge in [0.1, 0.15) is 5.82 Å². The Morgan fingerprint density at radius 2 is 1.69 bits per heavy atom. The van der Waals surface area contributed by atoms with Crippen LogP contribution >= 0.6 is 0 Å². The normalized spacial score (nSPS) is 10.4. The van der Waals surface area contributed by atoms with Crippen LogP contribution in [0.4, 0.5) is 4.39 Å². The van der Waals surface area contributed by atoms with E-state index in [2.05, 4.69) is 9.97 Å². The molecular formula is C21H17FN2O2. The van der Waals surface area contributed by atoms with E-state index in [-0.39, 0.29) is 11.4 Å². The molecule has 2 heterocycles. The molecule has 0 radical (unpaired) electrons. The molecule has 4 aromatic rings. The Balaban J connectivity index is 0.000000948. The van der Waals surface area contributed by atoms with E-state index in [0.717, 1.165) is 21.7 Å². The Bertz CT molecular complexity index is 1090. The van der Waals surface area contributed by atoms with E-state index in [0.29, 0.717) is 11.2 Å². The highest BCUT2D eigenvalue weighted by atomic mass is 19.1. The molecule has 2 aromatic heterocycles. The highest BCUT2D eigenvalue weighted by Crippen LogP contribution is 2.32. The van der Waals surface area contributed by atoms with Crippen molar-refractivity contribution in [2.75, 3.05) is 0 Å². The summed E-state index contributed by atoms with van der Waals surface area (Å²) in [5.41, 5.74) is 2.16. The zero-order chi connectivity index (χ0) is 18.7. The first-order chi connectivity index (χ1) is 12.6. The lowest BCUT2D eigenvalue weighted by Gasteiger charge is -2.10. The van der Waals surface area contributed by atoms with Gasteiger partial charge in [0.25, 0.3) is 0 Å². The van der Waals surface area contributed by atoms with Crippen molar-refractivity contribution >= 4 is 27.6 Å². The summed E-state index contributed by atoms with van der Waals surface area (Å²) in [7, 11) is 0. The first kappa shape index (κ1) is 17.5. The van der Waals surface area contributed by atoms with Crippen molar-refractivity contribution in [2.45, 2.75) is 13.8 Å². The number of hydrogen-bond acceptors (Lipinski definition) is 3. The first-order valence-corrected chi connectivity index (χ1v) is 8.30. The second kappa shape index (κ2) is 7.27. The van der Waals surface area contributed by atoms with E-state index in [4.69, 9.17) is 0 Å². The van der Waals surface area contributed by atoms with Crippen LogP contribution in [0.25, 0.3) is 32.9 Å². The maximum Gasteiger partial charge on any atom is 0.335 e. The maximum atomic E-state index is 13.2. The number of aromatic carboxylic acids is 1. The fourth-order valence-corrected chi connectivity index (χ4v) is 2.81. The summed E-state index contributed by atoms with van der Waals surface area (Å²) in [6.45, 7) is 4.00. The minimum absolute atomic E-state index is 0.170. The van der Waals surface area contributed by atoms with Crippen LogP contribution in [0.3, 0.4) is 0 Å². The van der Waals surface area contributed by atoms with Crippen LogP contribution in [0.5, 0.6) is 0 Å². The molecule has 1 N–H and O–H groups in total. The number of carboxylic acids is 1. The molecule has 0 amide bonds. The Morgan fingerprint density at radius 1 is 0.962 bits per heavy atom. The summed E-state index contributed by atoms with van der Waals surface area (Å²) in [6, 6.07) is 12.8. The van der Waals surface area contributed by atoms with Crippen LogP contribution < -0.4 is 0 Å². The van der Waals surface area contributed by atoms with Crippen LogP contribution in [0.15, 0.2) is 60.9 Å². The average molecular weight is 348 g/mol. The summed E-state index contributed by atoms with van der Waals surface area (Å²) in [5.74, 6) is -1.33. The molecule has 0 aliphatic rings. The van der Waals surface area contributed by atoms with Gasteiger partial charge in [0, 0.05) is 34.1 Å². The van der Waals surface area contributed by atoms with E-state index < -0.39 is 5.97 Å². The number of nitrogens with zero attached hydrogens (tertiary/aromatic N) is 2. The Kier molecular flexibility index (Phi) is 4.89. The fourth-order valence-electron chi connectivity index (χ4n) is 2.81. The minimum Gasteiger partial charge on any atom is -0.478 e. The molecule has 0 unspecified atom stereocenters. The van der Waals surface area contributed by atoms with E-state index in [1.807, 2.05) is 19.9 Å². The molecule has 0 spiro atoms. The van der Waals surface area contributed by atoms with Gasteiger partial charge in [-0.1, -0.05) is 19.9 Å². The number of fused-ring (bicyclic) bond motifs is 3. The van der Waals surface area contributed by atoms with Gasteiger partial charge >= 0.3 is 5.97 Å². The van der Waals surface area contributed by atoms with Crippen molar-refractivity contribution in [3.63, 3.8) is 0 Å². The third kappa shape index (κ3) is 3.11. The van der Waals surface area contributed by atoms with Gasteiger partial charge in [0.05, 0.1) is 16.8 Å². The molecule has 0 saturated carbocycles. The number of carboxylic acid groups (broad SMARTS) is 1. The van der Waals surface area contributed by atoms with Crippen LogP contribution in [0, 0.1) is 5.82 Å². The summed E-state index contributed by atoms with van der Waals surface area (Å²) in [4.78, 5) is 20.0. The molecule has 26 heavy (non-hydrogen) atoms. The van der Waals surface area contributed by atoms with Crippen LogP contribution in [0.1, 0.15) is 24.2 Å². The van der Waals surface area contributed by atoms with Gasteiger partial charge < -0.3 is 5.11 Å². The molecule has 4 rings (SSSR count). The quantitative estimate of drug-likeness (QED) is 0.498. The summed E-state index contributed by atoms with van der Waals surface area (Å²) >= 11 is 0. The largest absolute Gasteiger partial charge is 0.478 e. The van der Waals surface area contributed by atoms with Gasteiger partial charge in [0.2, 0.25) is 0 Å². The summed E-state index contributed by atoms with van der Waals surface area (Å²) in [6.07, 6.45) is 3.40. The molecular weight excluding hydrogens is 331 g/mol. The van der Waals surface area contributed by atoms with Gasteiger partial charge in [-0.3, -0.25) is 4.98 Å². The molecule has 0 aliphatic carbocycles. The van der Waals surface area contributed by atoms with E-state index in [1.54, 1.807) is 36.7 Å². The second-order valence-electron chi connectivity index (χ2n) is 5.43. The number of hydrogen-bond donors (Lipinski definition) is 1. The molecule has 5 heteroatoms. The van der Waals surface area contributed by atoms with Gasteiger partial charge in [-0.05, 0) is 42.5 Å². The van der Waals surface area contributed by atoms with Crippen molar-refractivity contribution in [1.82, 2.24) is 9.97 Å². The van der Waals surface area contributed by atoms with Gasteiger partial charge in [-0.15, -0.1) is 0 Å². The first-order valence-electron chi connectivity index (χ1n) is 8.30. The predicted octanol–water partition coefficient (Wildman–Crippen LogP) is 5.31. The SMILES string of the molecule is CC.O=C(O)c1ccc2c(c1)nc(-c1ccc(F)cc1)c1ccncc12. The van der Waals surface area contributed by atoms with Crippen molar-refractivity contribution in [3.05, 3.63) is 72.3 Å². The zero-order valence-electron chi connectivity index (χ0n) is 14.4. The number of halogens is 1. The number of carbonyl (C=O) groups is 1. The van der Waals surface area contributed by atoms with Crippen molar-refractivity contribution < 1.29 is 14.3 Å². The number of pyridine rings is 2. The molecule has 0 saturated heterocycles. The minimum atomic E-state index is -1.01. The van der Waals surface area contributed by atoms with E-state index in [9.17, 15) is 14.3 Å². The molecule has 0 bridgehead atoms. The van der Waals surface area contributed by atoms with Gasteiger partial charge in [0.15, 0.2) is 0 Å². The summed E-state index contributed by atoms with van der Waals surface area (Å²) in [5, 5.41) is 11.8. The predicted molar refractivity (Wildman–Crippen MR) is 101 cm³/mol. The summed E-state index contributed by atoms with van der Waals surface area (Å²) < 4.78 is 13.2. The van der Waals surface area contributed by atoms with Crippen LogP contribution in [0.2, 0.25) is 0 Å². The monoisotopic (exact) mass is 348 g/mol. The van der Waals surface area contributed by atoms with E-state index >= 15 is 0 Å². The third-order valence-corrected chi connectivity index (χ3v) is 3.96. The van der Waals surface area contributed by atoms with Crippen LogP contribution in [-0.2, 0) is 0 Å². The molecule has 2 aromatic carbocycles. The Morgan fingerprint density at radius 3 is 2.38 bits per heavy atom. The highest BCUT2D eigenvalue weighted by molar-refractivity contribution is 6.11. The van der Waals surface area contributed by atoms with Crippen LogP contribution in [-0.4, -0.2) is 21.0 Å². The lowest BCUT2D eigenvalue weighted by molar-refractivity contribution is 0.0697. The Labute approximate surface area is 150 Å². The van der Waals surface area contributed by atoms with Gasteiger partial charge in [-0.25, -0.2) is 14.2 Å². The number of rotatable bonds is 2. The lowest BCUT2D eigenvalue weighted by atomic mass is 10.0.